The van der Waals surface area contributed by atoms with Crippen molar-refractivity contribution in [3.8, 4) is 0 Å². The number of hydrogen-bond donors (Lipinski definition) is 1. The maximum absolute atomic E-state index is 12.5. The molecule has 1 aromatic carbocycles. The number of likely N-dealkylation sites (tertiary alicyclic amines) is 1. The fourth-order valence-corrected chi connectivity index (χ4v) is 3.80. The van der Waals surface area contributed by atoms with E-state index in [4.69, 9.17) is 4.42 Å². The molecule has 2 aromatic rings. The molecule has 1 aliphatic rings. The summed E-state index contributed by atoms with van der Waals surface area (Å²) in [5, 5.41) is 7.38. The number of aryl methyl sites for hydroxylation is 1. The van der Waals surface area contributed by atoms with Gasteiger partial charge in [0.2, 0.25) is 21.8 Å². The first-order chi connectivity index (χ1) is 11.9. The highest BCUT2D eigenvalue weighted by atomic mass is 32.2. The molecule has 0 unspecified atom stereocenters. The van der Waals surface area contributed by atoms with Crippen molar-refractivity contribution in [3.63, 3.8) is 0 Å². The van der Waals surface area contributed by atoms with Gasteiger partial charge in [-0.1, -0.05) is 0 Å². The first-order valence-electron chi connectivity index (χ1n) is 8.06. The summed E-state index contributed by atoms with van der Waals surface area (Å²) in [6.07, 6.45) is 2.00. The SMILES string of the molecule is Cc1nnc(CNS(=O)(=O)c2ccc(C(=O)N3CCC[C@H]3C)cc2)o1. The van der Waals surface area contributed by atoms with Gasteiger partial charge in [0.25, 0.3) is 5.91 Å². The minimum atomic E-state index is -3.72. The lowest BCUT2D eigenvalue weighted by Gasteiger charge is -2.21. The molecule has 1 N–H and O–H groups in total. The first kappa shape index (κ1) is 17.6. The number of sulfonamides is 1. The lowest BCUT2D eigenvalue weighted by molar-refractivity contribution is 0.0747. The van der Waals surface area contributed by atoms with Crippen LogP contribution in [0.15, 0.2) is 33.6 Å². The third kappa shape index (κ3) is 3.88. The number of amides is 1. The molecule has 3 rings (SSSR count). The average molecular weight is 364 g/mol. The van der Waals surface area contributed by atoms with E-state index in [1.165, 1.54) is 12.1 Å². The molecule has 0 spiro atoms. The smallest absolute Gasteiger partial charge is 0.254 e. The van der Waals surface area contributed by atoms with E-state index >= 15 is 0 Å². The van der Waals surface area contributed by atoms with Gasteiger partial charge in [-0.05, 0) is 44.0 Å². The quantitative estimate of drug-likeness (QED) is 0.861. The van der Waals surface area contributed by atoms with Crippen LogP contribution in [-0.2, 0) is 16.6 Å². The van der Waals surface area contributed by atoms with Gasteiger partial charge in [-0.3, -0.25) is 4.79 Å². The Morgan fingerprint density at radius 1 is 1.32 bits per heavy atom. The molecule has 134 valence electrons. The highest BCUT2D eigenvalue weighted by Crippen LogP contribution is 2.20. The molecule has 0 bridgehead atoms. The Morgan fingerprint density at radius 2 is 2.04 bits per heavy atom. The highest BCUT2D eigenvalue weighted by molar-refractivity contribution is 7.89. The van der Waals surface area contributed by atoms with E-state index in [0.717, 1.165) is 19.4 Å². The Kier molecular flexibility index (Phi) is 4.87. The monoisotopic (exact) mass is 364 g/mol. The van der Waals surface area contributed by atoms with Gasteiger partial charge in [-0.2, -0.15) is 0 Å². The molecule has 1 aliphatic heterocycles. The van der Waals surface area contributed by atoms with Crippen LogP contribution in [0.5, 0.6) is 0 Å². The minimum absolute atomic E-state index is 0.0664. The summed E-state index contributed by atoms with van der Waals surface area (Å²) in [5.41, 5.74) is 0.486. The van der Waals surface area contributed by atoms with Crippen molar-refractivity contribution in [2.75, 3.05) is 6.54 Å². The summed E-state index contributed by atoms with van der Waals surface area (Å²) in [5.74, 6) is 0.493. The van der Waals surface area contributed by atoms with Crippen molar-refractivity contribution in [2.24, 2.45) is 0 Å². The first-order valence-corrected chi connectivity index (χ1v) is 9.55. The van der Waals surface area contributed by atoms with Gasteiger partial charge >= 0.3 is 0 Å². The van der Waals surface area contributed by atoms with Gasteiger partial charge in [0.15, 0.2) is 0 Å². The molecule has 8 nitrogen and oxygen atoms in total. The molecule has 1 amide bonds. The van der Waals surface area contributed by atoms with E-state index in [-0.39, 0.29) is 29.3 Å². The maximum Gasteiger partial charge on any atom is 0.254 e. The summed E-state index contributed by atoms with van der Waals surface area (Å²) in [7, 11) is -3.72. The number of benzene rings is 1. The van der Waals surface area contributed by atoms with Crippen LogP contribution in [0.4, 0.5) is 0 Å². The second-order valence-electron chi connectivity index (χ2n) is 6.05. The van der Waals surface area contributed by atoms with Gasteiger partial charge < -0.3 is 9.32 Å². The van der Waals surface area contributed by atoms with Crippen molar-refractivity contribution in [2.45, 2.75) is 44.2 Å². The third-order valence-corrected chi connectivity index (χ3v) is 5.62. The molecular weight excluding hydrogens is 344 g/mol. The number of nitrogens with one attached hydrogen (secondary N) is 1. The summed E-state index contributed by atoms with van der Waals surface area (Å²) < 4.78 is 32.1. The maximum atomic E-state index is 12.5. The number of carbonyl (C=O) groups excluding carboxylic acids is 1. The zero-order valence-corrected chi connectivity index (χ0v) is 14.9. The Labute approximate surface area is 146 Å². The van der Waals surface area contributed by atoms with Crippen LogP contribution in [0.1, 0.15) is 41.9 Å². The second kappa shape index (κ2) is 6.93. The Balaban J connectivity index is 1.69. The zero-order valence-electron chi connectivity index (χ0n) is 14.1. The van der Waals surface area contributed by atoms with Gasteiger partial charge in [0.05, 0.1) is 11.4 Å². The zero-order chi connectivity index (χ0) is 18.0. The summed E-state index contributed by atoms with van der Waals surface area (Å²) in [6.45, 7) is 4.30. The van der Waals surface area contributed by atoms with Crippen LogP contribution in [0.2, 0.25) is 0 Å². The van der Waals surface area contributed by atoms with Gasteiger partial charge in [-0.25, -0.2) is 13.1 Å². The summed E-state index contributed by atoms with van der Waals surface area (Å²) in [4.78, 5) is 14.4. The molecule has 0 saturated carbocycles. The van der Waals surface area contributed by atoms with Crippen LogP contribution in [-0.4, -0.2) is 42.0 Å². The van der Waals surface area contributed by atoms with E-state index in [9.17, 15) is 13.2 Å². The predicted molar refractivity (Wildman–Crippen MR) is 89.2 cm³/mol. The minimum Gasteiger partial charge on any atom is -0.424 e. The molecule has 25 heavy (non-hydrogen) atoms. The molecule has 1 aromatic heterocycles. The van der Waals surface area contributed by atoms with Crippen molar-refractivity contribution in [3.05, 3.63) is 41.6 Å². The molecule has 0 aliphatic carbocycles. The largest absolute Gasteiger partial charge is 0.424 e. The number of aromatic nitrogens is 2. The molecule has 0 radical (unpaired) electrons. The predicted octanol–water partition coefficient (Wildman–Crippen LogP) is 1.48. The van der Waals surface area contributed by atoms with Crippen molar-refractivity contribution in [1.29, 1.82) is 0 Å². The molecule has 1 saturated heterocycles. The standard InChI is InChI=1S/C16H20N4O4S/c1-11-4-3-9-20(11)16(21)13-5-7-14(8-6-13)25(22,23)17-10-15-19-18-12(2)24-15/h5-8,11,17H,3-4,9-10H2,1-2H3/t11-/m1/s1. The van der Waals surface area contributed by atoms with Crippen LogP contribution >= 0.6 is 0 Å². The summed E-state index contributed by atoms with van der Waals surface area (Å²) >= 11 is 0. The highest BCUT2D eigenvalue weighted by Gasteiger charge is 2.26. The van der Waals surface area contributed by atoms with Crippen molar-refractivity contribution < 1.29 is 17.6 Å². The van der Waals surface area contributed by atoms with Crippen molar-refractivity contribution >= 4 is 15.9 Å². The van der Waals surface area contributed by atoms with E-state index in [1.54, 1.807) is 19.1 Å². The third-order valence-electron chi connectivity index (χ3n) is 4.21. The van der Waals surface area contributed by atoms with Crippen LogP contribution in [0, 0.1) is 6.92 Å². The average Bonchev–Trinajstić information content (AvgIpc) is 3.21. The number of carbonyl (C=O) groups is 1. The van der Waals surface area contributed by atoms with E-state index < -0.39 is 10.0 Å². The fraction of sp³-hybridized carbons (Fsp3) is 0.438. The molecular formula is C16H20N4O4S. The summed E-state index contributed by atoms with van der Waals surface area (Å²) in [6, 6.07) is 6.15. The van der Waals surface area contributed by atoms with E-state index in [2.05, 4.69) is 14.9 Å². The molecule has 9 heteroatoms. The van der Waals surface area contributed by atoms with Gasteiger partial charge in [-0.15, -0.1) is 10.2 Å². The number of nitrogens with zero attached hydrogens (tertiary/aromatic N) is 3. The van der Waals surface area contributed by atoms with Crippen LogP contribution < -0.4 is 4.72 Å². The molecule has 2 heterocycles. The Hall–Kier alpha value is -2.26. The van der Waals surface area contributed by atoms with E-state index in [0.29, 0.717) is 11.5 Å². The van der Waals surface area contributed by atoms with E-state index in [1.807, 2.05) is 11.8 Å². The van der Waals surface area contributed by atoms with Gasteiger partial charge in [0.1, 0.15) is 0 Å². The number of hydrogen-bond acceptors (Lipinski definition) is 6. The lowest BCUT2D eigenvalue weighted by Crippen LogP contribution is -2.33. The van der Waals surface area contributed by atoms with Crippen LogP contribution in [0.3, 0.4) is 0 Å². The Morgan fingerprint density at radius 3 is 2.60 bits per heavy atom. The fourth-order valence-electron chi connectivity index (χ4n) is 2.83. The van der Waals surface area contributed by atoms with Crippen molar-refractivity contribution in [1.82, 2.24) is 19.8 Å². The number of rotatable bonds is 5. The second-order valence-corrected chi connectivity index (χ2v) is 7.82. The van der Waals surface area contributed by atoms with Gasteiger partial charge in [0, 0.05) is 25.1 Å². The normalized spacial score (nSPS) is 17.8. The molecule has 1 atom stereocenters. The topological polar surface area (TPSA) is 105 Å². The van der Waals surface area contributed by atoms with Crippen LogP contribution in [0.25, 0.3) is 0 Å². The lowest BCUT2D eigenvalue weighted by atomic mass is 10.2. The molecule has 1 fully saturated rings. The Bertz CT molecular complexity index is 861.